The van der Waals surface area contributed by atoms with E-state index < -0.39 is 6.10 Å². The summed E-state index contributed by atoms with van der Waals surface area (Å²) in [6, 6.07) is 0. The van der Waals surface area contributed by atoms with Crippen molar-refractivity contribution < 1.29 is 28.6 Å². The molecule has 0 aliphatic rings. The van der Waals surface area contributed by atoms with Gasteiger partial charge in [0, 0.05) is 19.3 Å². The fraction of sp³-hybridized carbons (Fsp3) is 0.575. The van der Waals surface area contributed by atoms with Gasteiger partial charge in [-0.15, -0.1) is 0 Å². The van der Waals surface area contributed by atoms with Crippen LogP contribution in [0.5, 0.6) is 0 Å². The highest BCUT2D eigenvalue weighted by Crippen LogP contribution is 2.14. The average molecular weight is 1090 g/mol. The molecule has 0 radical (unpaired) electrons. The Balaban J connectivity index is 4.55. The predicted molar refractivity (Wildman–Crippen MR) is 343 cm³/mol. The minimum Gasteiger partial charge on any atom is -0.462 e. The molecule has 6 nitrogen and oxygen atoms in total. The largest absolute Gasteiger partial charge is 0.462 e. The molecule has 6 heteroatoms. The van der Waals surface area contributed by atoms with Crippen LogP contribution in [0.2, 0.25) is 0 Å². The van der Waals surface area contributed by atoms with Crippen LogP contribution in [-0.4, -0.2) is 37.2 Å². The SMILES string of the molecule is CC/C=C\C/C=C\C/C=C\C/C=C\C/C=C\C/C=C\C/C=C\CCCC(=O)OCC(COC(=O)CCCCCCCCC/C=C\C/C=C\C/C=C\CC)OC(=O)CCCCCCCCCC/C=C\C/C=C\C/C=C\C/C=C\CC. The first-order valence-electron chi connectivity index (χ1n) is 31.6. The van der Waals surface area contributed by atoms with Gasteiger partial charge in [0.05, 0.1) is 0 Å². The molecule has 1 atom stereocenters. The topological polar surface area (TPSA) is 78.9 Å². The summed E-state index contributed by atoms with van der Waals surface area (Å²) in [4.78, 5) is 38.3. The molecule has 0 N–H and O–H groups in total. The molecule has 0 saturated heterocycles. The molecule has 442 valence electrons. The maximum atomic E-state index is 12.9. The maximum absolute atomic E-state index is 12.9. The Bertz CT molecular complexity index is 1820. The van der Waals surface area contributed by atoms with Crippen LogP contribution in [0.15, 0.2) is 170 Å². The second-order valence-electron chi connectivity index (χ2n) is 20.2. The number of rotatable bonds is 55. The van der Waals surface area contributed by atoms with E-state index in [-0.39, 0.29) is 37.5 Å². The molecule has 0 aliphatic heterocycles. The quantitative estimate of drug-likeness (QED) is 0.0261. The van der Waals surface area contributed by atoms with Crippen molar-refractivity contribution in [2.24, 2.45) is 0 Å². The van der Waals surface area contributed by atoms with Crippen molar-refractivity contribution >= 4 is 17.9 Å². The molecular formula is C73H114O6. The Labute approximate surface area is 485 Å². The number of ether oxygens (including phenoxy) is 3. The van der Waals surface area contributed by atoms with E-state index in [1.807, 2.05) is 0 Å². The van der Waals surface area contributed by atoms with Crippen molar-refractivity contribution in [3.05, 3.63) is 170 Å². The molecule has 0 aromatic heterocycles. The Hall–Kier alpha value is -5.23. The summed E-state index contributed by atoms with van der Waals surface area (Å²) >= 11 is 0. The lowest BCUT2D eigenvalue weighted by Gasteiger charge is -2.18. The summed E-state index contributed by atoms with van der Waals surface area (Å²) in [6.07, 6.45) is 96.4. The first kappa shape index (κ1) is 73.8. The second-order valence-corrected chi connectivity index (χ2v) is 20.2. The molecule has 0 heterocycles. The molecule has 0 rings (SSSR count). The van der Waals surface area contributed by atoms with Crippen LogP contribution in [0.3, 0.4) is 0 Å². The molecule has 0 amide bonds. The Morgan fingerprint density at radius 3 is 0.759 bits per heavy atom. The molecule has 0 saturated carbocycles. The third kappa shape index (κ3) is 63.5. The number of esters is 3. The highest BCUT2D eigenvalue weighted by atomic mass is 16.6. The Morgan fingerprint density at radius 1 is 0.253 bits per heavy atom. The normalized spacial score (nSPS) is 13.3. The zero-order chi connectivity index (χ0) is 57.1. The summed E-state index contributed by atoms with van der Waals surface area (Å²) in [6.45, 7) is 6.24. The molecule has 0 fully saturated rings. The van der Waals surface area contributed by atoms with Gasteiger partial charge in [0.25, 0.3) is 0 Å². The van der Waals surface area contributed by atoms with Crippen molar-refractivity contribution in [1.82, 2.24) is 0 Å². The molecule has 0 aromatic carbocycles. The molecule has 79 heavy (non-hydrogen) atoms. The molecule has 0 bridgehead atoms. The number of carbonyl (C=O) groups is 3. The second kappa shape index (κ2) is 65.3. The summed E-state index contributed by atoms with van der Waals surface area (Å²) in [5.74, 6) is -0.996. The van der Waals surface area contributed by atoms with E-state index in [4.69, 9.17) is 14.2 Å². The van der Waals surface area contributed by atoms with Gasteiger partial charge in [-0.05, 0) is 141 Å². The third-order valence-electron chi connectivity index (χ3n) is 12.7. The van der Waals surface area contributed by atoms with Gasteiger partial charge in [-0.25, -0.2) is 0 Å². The average Bonchev–Trinajstić information content (AvgIpc) is 3.45. The van der Waals surface area contributed by atoms with Crippen molar-refractivity contribution in [2.45, 2.75) is 258 Å². The summed E-state index contributed by atoms with van der Waals surface area (Å²) < 4.78 is 16.9. The van der Waals surface area contributed by atoms with Gasteiger partial charge in [0.15, 0.2) is 6.10 Å². The summed E-state index contributed by atoms with van der Waals surface area (Å²) in [5, 5.41) is 0. The van der Waals surface area contributed by atoms with Crippen LogP contribution in [0.1, 0.15) is 252 Å². The van der Waals surface area contributed by atoms with E-state index in [9.17, 15) is 14.4 Å². The Morgan fingerprint density at radius 2 is 0.468 bits per heavy atom. The summed E-state index contributed by atoms with van der Waals surface area (Å²) in [5.41, 5.74) is 0. The standard InChI is InChI=1S/C73H114O6/c1-4-7-10-13-16-19-22-25-28-31-33-35-36-38-39-42-45-48-51-54-57-60-63-66-72(75)78-69-70(68-77-71(74)65-62-59-56-53-50-47-44-41-30-27-24-21-18-15-12-9-6-3)79-73(76)67-64-61-58-55-52-49-46-43-40-37-34-32-29-26-23-20-17-14-11-8-5-2/h7-12,16-21,25-30,33-35,37-39,45,48,54,57,70H,4-6,13-15,22-24,31-32,36,40-44,46-47,49-53,55-56,58-69H2,1-3H3/b10-7-,11-8-,12-9-,19-16-,20-17-,21-18-,28-25-,29-26-,30-27-,35-33-,37-34-,39-38-,48-45-,57-54-. The zero-order valence-corrected chi connectivity index (χ0v) is 50.6. The third-order valence-corrected chi connectivity index (χ3v) is 12.7. The van der Waals surface area contributed by atoms with Crippen molar-refractivity contribution in [2.75, 3.05) is 13.2 Å². The molecule has 0 aromatic rings. The highest BCUT2D eigenvalue weighted by Gasteiger charge is 2.19. The fourth-order valence-corrected chi connectivity index (χ4v) is 8.08. The van der Waals surface area contributed by atoms with E-state index in [1.165, 1.54) is 57.8 Å². The number of allylic oxidation sites excluding steroid dienone is 28. The fourth-order valence-electron chi connectivity index (χ4n) is 8.08. The van der Waals surface area contributed by atoms with Gasteiger partial charge in [0.2, 0.25) is 0 Å². The van der Waals surface area contributed by atoms with E-state index in [0.29, 0.717) is 19.3 Å². The Kier molecular flexibility index (Phi) is 61.0. The lowest BCUT2D eigenvalue weighted by molar-refractivity contribution is -0.167. The van der Waals surface area contributed by atoms with Gasteiger partial charge in [-0.2, -0.15) is 0 Å². The van der Waals surface area contributed by atoms with Crippen molar-refractivity contribution in [1.29, 1.82) is 0 Å². The maximum Gasteiger partial charge on any atom is 0.306 e. The van der Waals surface area contributed by atoms with Crippen LogP contribution in [-0.2, 0) is 28.6 Å². The lowest BCUT2D eigenvalue weighted by atomic mass is 10.1. The minimum absolute atomic E-state index is 0.113. The van der Waals surface area contributed by atoms with Gasteiger partial charge >= 0.3 is 17.9 Å². The van der Waals surface area contributed by atoms with Gasteiger partial charge in [0.1, 0.15) is 13.2 Å². The van der Waals surface area contributed by atoms with Crippen LogP contribution >= 0.6 is 0 Å². The smallest absolute Gasteiger partial charge is 0.306 e. The van der Waals surface area contributed by atoms with Crippen LogP contribution < -0.4 is 0 Å². The number of hydrogen-bond acceptors (Lipinski definition) is 6. The van der Waals surface area contributed by atoms with Gasteiger partial charge in [-0.1, -0.05) is 262 Å². The lowest BCUT2D eigenvalue weighted by Crippen LogP contribution is -2.30. The molecular weight excluding hydrogens is 973 g/mol. The molecule has 0 aliphatic carbocycles. The number of hydrogen-bond donors (Lipinski definition) is 0. The van der Waals surface area contributed by atoms with E-state index in [1.54, 1.807) is 0 Å². The number of carbonyl (C=O) groups excluding carboxylic acids is 3. The highest BCUT2D eigenvalue weighted by molar-refractivity contribution is 5.71. The van der Waals surface area contributed by atoms with E-state index >= 15 is 0 Å². The summed E-state index contributed by atoms with van der Waals surface area (Å²) in [7, 11) is 0. The van der Waals surface area contributed by atoms with Crippen molar-refractivity contribution in [3.8, 4) is 0 Å². The first-order chi connectivity index (χ1) is 39.0. The monoisotopic (exact) mass is 1090 g/mol. The minimum atomic E-state index is -0.822. The van der Waals surface area contributed by atoms with Gasteiger partial charge < -0.3 is 14.2 Å². The van der Waals surface area contributed by atoms with E-state index in [0.717, 1.165) is 148 Å². The number of unbranched alkanes of at least 4 members (excludes halogenated alkanes) is 16. The van der Waals surface area contributed by atoms with Crippen LogP contribution in [0.4, 0.5) is 0 Å². The molecule has 0 spiro atoms. The zero-order valence-electron chi connectivity index (χ0n) is 50.6. The van der Waals surface area contributed by atoms with Crippen LogP contribution in [0.25, 0.3) is 0 Å². The van der Waals surface area contributed by atoms with Crippen LogP contribution in [0, 0.1) is 0 Å². The predicted octanol–water partition coefficient (Wildman–Crippen LogP) is 21.9. The molecule has 1 unspecified atom stereocenters. The van der Waals surface area contributed by atoms with Crippen molar-refractivity contribution in [3.63, 3.8) is 0 Å². The van der Waals surface area contributed by atoms with Gasteiger partial charge in [-0.3, -0.25) is 14.4 Å². The van der Waals surface area contributed by atoms with E-state index in [2.05, 4.69) is 191 Å². The first-order valence-corrected chi connectivity index (χ1v) is 31.6.